The van der Waals surface area contributed by atoms with Gasteiger partial charge in [-0.15, -0.1) is 19.7 Å². The summed E-state index contributed by atoms with van der Waals surface area (Å²) in [5.74, 6) is -0.502. The maximum Gasteiger partial charge on any atom is 0.330 e. The van der Waals surface area contributed by atoms with Crippen molar-refractivity contribution < 1.29 is 77.0 Å². The van der Waals surface area contributed by atoms with Crippen molar-refractivity contribution in [2.24, 2.45) is 23.7 Å². The van der Waals surface area contributed by atoms with Gasteiger partial charge in [-0.25, -0.2) is 4.79 Å². The molecule has 2 rings (SSSR count). The van der Waals surface area contributed by atoms with Crippen LogP contribution in [0.3, 0.4) is 0 Å². The van der Waals surface area contributed by atoms with Crippen LogP contribution in [0.1, 0.15) is 87.0 Å². The number of carbonyl (C=O) groups excluding carboxylic acids is 1. The van der Waals surface area contributed by atoms with E-state index in [1.807, 2.05) is 96.2 Å². The minimum absolute atomic E-state index is 0.00258. The molecule has 3 N–H and O–H groups in total. The van der Waals surface area contributed by atoms with Crippen LogP contribution in [-0.4, -0.2) is 171 Å². The molecule has 0 saturated carbocycles. The van der Waals surface area contributed by atoms with Crippen LogP contribution in [0.4, 0.5) is 0 Å². The SMILES string of the molecule is C=CCC/C=C/[C@H](OC)[C@@H](OCOC)[C@H](C)[C@@H](O)/C(C)=C/[C@H](C)CO.C=CCC/C=C/[C@H](OC)[C@@H](OCOC)[C@H](C)[C@H]1O[C@@]1(C)/C=C/C(=O)OC.C=CCC/C=C/[C@H](OC)[C@@H](OCOC)[C@H](C)[C@H]1O[C@@]1(C)/C=C/CO. The second kappa shape index (κ2) is 41.6. The number of methoxy groups -OCH3 is 7. The number of hydrogen-bond donors (Lipinski definition) is 3. The minimum Gasteiger partial charge on any atom is -0.466 e. The van der Waals surface area contributed by atoms with Crippen LogP contribution in [-0.2, 0) is 61.6 Å². The molecule has 2 aliphatic heterocycles. The number of hydrogen-bond acceptors (Lipinski definition) is 16. The molecule has 2 fully saturated rings. The van der Waals surface area contributed by atoms with Crippen LogP contribution in [0, 0.1) is 23.7 Å². The first kappa shape index (κ1) is 71.6. The molecule has 0 aromatic carbocycles. The van der Waals surface area contributed by atoms with Gasteiger partial charge in [-0.1, -0.05) is 101 Å². The van der Waals surface area contributed by atoms with E-state index < -0.39 is 17.7 Å². The zero-order valence-corrected chi connectivity index (χ0v) is 48.1. The summed E-state index contributed by atoms with van der Waals surface area (Å²) in [5.41, 5.74) is -0.0694. The van der Waals surface area contributed by atoms with Crippen LogP contribution < -0.4 is 0 Å². The zero-order valence-electron chi connectivity index (χ0n) is 48.1. The minimum atomic E-state index is -0.699. The van der Waals surface area contributed by atoms with Crippen molar-refractivity contribution in [3.8, 4) is 0 Å². The molecule has 16 heteroatoms. The zero-order chi connectivity index (χ0) is 56.8. The van der Waals surface area contributed by atoms with Crippen LogP contribution in [0.5, 0.6) is 0 Å². The van der Waals surface area contributed by atoms with E-state index in [-0.39, 0.29) is 112 Å². The van der Waals surface area contributed by atoms with E-state index in [2.05, 4.69) is 43.5 Å². The second-order valence-electron chi connectivity index (χ2n) is 19.1. The number of rotatable bonds is 40. The maximum absolute atomic E-state index is 11.3. The highest BCUT2D eigenvalue weighted by Gasteiger charge is 2.57. The lowest BCUT2D eigenvalue weighted by Gasteiger charge is -2.32. The molecule has 2 aliphatic rings. The molecule has 432 valence electrons. The summed E-state index contributed by atoms with van der Waals surface area (Å²) in [5, 5.41) is 28.8. The first-order chi connectivity index (χ1) is 35.9. The fraction of sp³-hybridized carbons (Fsp3) is 0.678. The molecule has 0 amide bonds. The summed E-state index contributed by atoms with van der Waals surface area (Å²) >= 11 is 0. The highest BCUT2D eigenvalue weighted by molar-refractivity contribution is 5.82. The third-order valence-corrected chi connectivity index (χ3v) is 12.9. The number of esters is 1. The van der Waals surface area contributed by atoms with Crippen molar-refractivity contribution >= 4 is 5.97 Å². The third-order valence-electron chi connectivity index (χ3n) is 12.9. The standard InChI is InChI=1S/C20H32O6.C20H36O5.C19H32O5/c1-7-8-9-10-11-16(23-5)18(25-14-22-4)15(2)19-20(3,26-19)13-12-17(21)24-6;1-7-8-9-10-11-18(24-6)20(25-14-23-5)17(4)19(22)16(3)12-15(2)13-21;1-6-7-8-9-11-16(22-5)17(23-14-21-4)15(2)18-19(3,24-18)12-10-13-20/h7,10-13,15-16,18-19H,1,8-9,14H2,2-6H3;7,10-12,15,17-22H,1,8-9,13-14H2,2-6H3;6,9-12,15-18,20H,1,7-8,13-14H2,2-5H3/b11-10+,13-12+;11-10+,16-12+;11-9+,12-10+/t15-,16-,18-,19+,20-;15-,17+,18-,19-,20-;15-,16-,17-,18+,19-/m000/s1. The quantitative estimate of drug-likeness (QED) is 0.0131. The number of aliphatic hydroxyl groups excluding tert-OH is 3. The van der Waals surface area contributed by atoms with E-state index in [9.17, 15) is 15.0 Å². The first-order valence-electron chi connectivity index (χ1n) is 26.0. The van der Waals surface area contributed by atoms with Crippen molar-refractivity contribution in [1.82, 2.24) is 0 Å². The van der Waals surface area contributed by atoms with Crippen molar-refractivity contribution in [3.05, 3.63) is 110 Å². The Balaban J connectivity index is 0.00000110. The second-order valence-corrected chi connectivity index (χ2v) is 19.1. The first-order valence-corrected chi connectivity index (χ1v) is 26.0. The van der Waals surface area contributed by atoms with Gasteiger partial charge in [0.15, 0.2) is 0 Å². The average Bonchev–Trinajstić information content (AvgIpc) is 4.31. The Kier molecular flexibility index (Phi) is 39.7. The Morgan fingerprint density at radius 1 is 0.600 bits per heavy atom. The van der Waals surface area contributed by atoms with Gasteiger partial charge in [-0.2, -0.15) is 0 Å². The van der Waals surface area contributed by atoms with Gasteiger partial charge in [0, 0.05) is 73.1 Å². The number of allylic oxidation sites excluding steroid dienone is 6. The Morgan fingerprint density at radius 3 is 1.33 bits per heavy atom. The van der Waals surface area contributed by atoms with Gasteiger partial charge < -0.3 is 72.2 Å². The monoisotopic (exact) mass is 1060 g/mol. The van der Waals surface area contributed by atoms with Crippen LogP contribution >= 0.6 is 0 Å². The lowest BCUT2D eigenvalue weighted by atomic mass is 9.88. The summed E-state index contributed by atoms with van der Waals surface area (Å²) in [7, 11) is 11.1. The highest BCUT2D eigenvalue weighted by Crippen LogP contribution is 2.46. The predicted octanol–water partition coefficient (Wildman–Crippen LogP) is 8.98. The molecule has 2 heterocycles. The molecule has 0 radical (unpaired) electrons. The van der Waals surface area contributed by atoms with Crippen molar-refractivity contribution in [2.75, 3.05) is 83.4 Å². The number of ether oxygens (including phenoxy) is 12. The van der Waals surface area contributed by atoms with Gasteiger partial charge >= 0.3 is 5.97 Å². The number of carbonyl (C=O) groups is 1. The normalized spacial score (nSPS) is 24.0. The molecule has 0 aromatic heterocycles. The molecule has 16 nitrogen and oxygen atoms in total. The largest absolute Gasteiger partial charge is 0.466 e. The summed E-state index contributed by atoms with van der Waals surface area (Å²) < 4.78 is 66.0. The summed E-state index contributed by atoms with van der Waals surface area (Å²) in [6.45, 7) is 25.5. The average molecular weight is 1070 g/mol. The van der Waals surface area contributed by atoms with Crippen LogP contribution in [0.15, 0.2) is 110 Å². The molecule has 0 spiro atoms. The van der Waals surface area contributed by atoms with Gasteiger partial charge in [-0.3, -0.25) is 0 Å². The smallest absolute Gasteiger partial charge is 0.330 e. The number of aliphatic hydroxyl groups is 3. The molecule has 0 bridgehead atoms. The van der Waals surface area contributed by atoms with Gasteiger partial charge in [-0.05, 0) is 76.9 Å². The summed E-state index contributed by atoms with van der Waals surface area (Å²) in [4.78, 5) is 11.3. The molecular weight excluding hydrogens is 965 g/mol. The van der Waals surface area contributed by atoms with Gasteiger partial charge in [0.2, 0.25) is 0 Å². The van der Waals surface area contributed by atoms with E-state index in [1.165, 1.54) is 13.2 Å². The molecule has 2 saturated heterocycles. The molecule has 0 aromatic rings. The fourth-order valence-corrected chi connectivity index (χ4v) is 8.51. The lowest BCUT2D eigenvalue weighted by Crippen LogP contribution is -2.41. The Morgan fingerprint density at radius 2 is 0.987 bits per heavy atom. The van der Waals surface area contributed by atoms with E-state index >= 15 is 0 Å². The molecule has 0 aliphatic carbocycles. The van der Waals surface area contributed by atoms with E-state index in [0.29, 0.717) is 0 Å². The van der Waals surface area contributed by atoms with Gasteiger partial charge in [0.1, 0.15) is 49.9 Å². The van der Waals surface area contributed by atoms with Crippen LogP contribution in [0.2, 0.25) is 0 Å². The molecule has 75 heavy (non-hydrogen) atoms. The molecular formula is C59H100O16. The van der Waals surface area contributed by atoms with Gasteiger partial charge in [0.25, 0.3) is 0 Å². The highest BCUT2D eigenvalue weighted by atomic mass is 16.7. The van der Waals surface area contributed by atoms with E-state index in [1.54, 1.807) is 54.8 Å². The van der Waals surface area contributed by atoms with E-state index in [4.69, 9.17) is 57.2 Å². The predicted molar refractivity (Wildman–Crippen MR) is 296 cm³/mol. The summed E-state index contributed by atoms with van der Waals surface area (Å²) in [6, 6.07) is 0. The fourth-order valence-electron chi connectivity index (χ4n) is 8.51. The maximum atomic E-state index is 11.3. The lowest BCUT2D eigenvalue weighted by molar-refractivity contribution is -0.139. The molecule has 15 atom stereocenters. The van der Waals surface area contributed by atoms with Crippen molar-refractivity contribution in [3.63, 3.8) is 0 Å². The topological polar surface area (TPSA) is 195 Å². The van der Waals surface area contributed by atoms with Crippen molar-refractivity contribution in [1.29, 1.82) is 0 Å². The number of unbranched alkanes of at least 4 members (excludes halogenated alkanes) is 3. The molecule has 0 unspecified atom stereocenters. The van der Waals surface area contributed by atoms with E-state index in [0.717, 1.165) is 44.1 Å². The number of epoxide rings is 2. The Bertz CT molecular complexity index is 1710. The third kappa shape index (κ3) is 27.6. The Labute approximate surface area is 452 Å². The van der Waals surface area contributed by atoms with Crippen LogP contribution in [0.25, 0.3) is 0 Å². The Hall–Kier alpha value is -3.43. The van der Waals surface area contributed by atoms with Crippen molar-refractivity contribution in [2.45, 2.75) is 153 Å². The summed E-state index contributed by atoms with van der Waals surface area (Å²) in [6.07, 6.45) is 29.6. The van der Waals surface area contributed by atoms with Gasteiger partial charge in [0.05, 0.1) is 50.3 Å².